The first kappa shape index (κ1) is 17.5. The van der Waals surface area contributed by atoms with Crippen LogP contribution in [-0.4, -0.2) is 41.3 Å². The molecule has 1 saturated heterocycles. The van der Waals surface area contributed by atoms with E-state index < -0.39 is 5.91 Å². The summed E-state index contributed by atoms with van der Waals surface area (Å²) in [6, 6.07) is 8.89. The van der Waals surface area contributed by atoms with Crippen molar-refractivity contribution in [3.05, 3.63) is 57.7 Å². The summed E-state index contributed by atoms with van der Waals surface area (Å²) >= 11 is 12.1. The van der Waals surface area contributed by atoms with Gasteiger partial charge in [-0.25, -0.2) is 4.98 Å². The average molecular weight is 379 g/mol. The molecular weight excluding hydrogens is 363 g/mol. The van der Waals surface area contributed by atoms with Gasteiger partial charge in [-0.3, -0.25) is 9.59 Å². The van der Waals surface area contributed by atoms with Gasteiger partial charge in [0.2, 0.25) is 11.8 Å². The van der Waals surface area contributed by atoms with E-state index in [-0.39, 0.29) is 18.0 Å². The molecule has 0 radical (unpaired) electrons. The predicted octanol–water partition coefficient (Wildman–Crippen LogP) is 2.34. The number of benzene rings is 1. The number of piperazine rings is 1. The first-order valence-electron chi connectivity index (χ1n) is 7.66. The van der Waals surface area contributed by atoms with Gasteiger partial charge in [-0.05, 0) is 23.8 Å². The summed E-state index contributed by atoms with van der Waals surface area (Å²) in [6.45, 7) is 1.86. The molecule has 0 spiro atoms. The second kappa shape index (κ2) is 7.29. The Bertz CT molecular complexity index is 811. The summed E-state index contributed by atoms with van der Waals surface area (Å²) in [4.78, 5) is 31.4. The Morgan fingerprint density at radius 1 is 1.20 bits per heavy atom. The molecule has 1 aromatic carbocycles. The second-order valence-corrected chi connectivity index (χ2v) is 6.60. The van der Waals surface area contributed by atoms with Gasteiger partial charge in [-0.2, -0.15) is 0 Å². The Morgan fingerprint density at radius 3 is 2.52 bits per heavy atom. The van der Waals surface area contributed by atoms with E-state index in [1.54, 1.807) is 9.80 Å². The number of rotatable bonds is 4. The van der Waals surface area contributed by atoms with Crippen LogP contribution >= 0.6 is 23.2 Å². The van der Waals surface area contributed by atoms with Crippen LogP contribution in [0.5, 0.6) is 0 Å². The van der Waals surface area contributed by atoms with E-state index in [1.165, 1.54) is 12.3 Å². The number of anilines is 1. The van der Waals surface area contributed by atoms with E-state index in [1.807, 2.05) is 24.3 Å². The molecule has 130 valence electrons. The van der Waals surface area contributed by atoms with Crippen LogP contribution in [0.15, 0.2) is 36.5 Å². The minimum Gasteiger partial charge on any atom is -0.366 e. The predicted molar refractivity (Wildman–Crippen MR) is 96.8 cm³/mol. The molecule has 1 aromatic heterocycles. The Kier molecular flexibility index (Phi) is 5.11. The number of hydrogen-bond acceptors (Lipinski definition) is 4. The fourth-order valence-electron chi connectivity index (χ4n) is 2.66. The SMILES string of the molecule is NC(=O)c1cnc(N2CCN(Cc3ccc(Cl)cc3)C(=O)C2)c(Cl)c1. The molecule has 6 nitrogen and oxygen atoms in total. The van der Waals surface area contributed by atoms with E-state index in [4.69, 9.17) is 28.9 Å². The van der Waals surface area contributed by atoms with Crippen LogP contribution in [0.25, 0.3) is 0 Å². The molecule has 0 saturated carbocycles. The minimum atomic E-state index is -0.593. The van der Waals surface area contributed by atoms with Gasteiger partial charge < -0.3 is 15.5 Å². The highest BCUT2D eigenvalue weighted by atomic mass is 35.5. The summed E-state index contributed by atoms with van der Waals surface area (Å²) in [5, 5.41) is 0.968. The third-order valence-electron chi connectivity index (χ3n) is 4.01. The van der Waals surface area contributed by atoms with Gasteiger partial charge in [0.05, 0.1) is 17.1 Å². The van der Waals surface area contributed by atoms with Crippen LogP contribution in [0.1, 0.15) is 15.9 Å². The van der Waals surface area contributed by atoms with E-state index in [9.17, 15) is 9.59 Å². The van der Waals surface area contributed by atoms with Gasteiger partial charge in [0.25, 0.3) is 0 Å². The Hall–Kier alpha value is -2.31. The van der Waals surface area contributed by atoms with Crippen molar-refractivity contribution < 1.29 is 9.59 Å². The summed E-state index contributed by atoms with van der Waals surface area (Å²) in [5.41, 5.74) is 6.47. The molecule has 1 aliphatic heterocycles. The highest BCUT2D eigenvalue weighted by Gasteiger charge is 2.26. The van der Waals surface area contributed by atoms with Crippen molar-refractivity contribution in [3.63, 3.8) is 0 Å². The van der Waals surface area contributed by atoms with Gasteiger partial charge in [0, 0.05) is 30.9 Å². The number of nitrogens with two attached hydrogens (primary N) is 1. The van der Waals surface area contributed by atoms with Crippen LogP contribution in [-0.2, 0) is 11.3 Å². The molecule has 8 heteroatoms. The Labute approximate surface area is 155 Å². The third-order valence-corrected chi connectivity index (χ3v) is 4.54. The minimum absolute atomic E-state index is 0.0157. The van der Waals surface area contributed by atoms with E-state index in [0.29, 0.717) is 35.5 Å². The molecule has 1 fully saturated rings. The zero-order chi connectivity index (χ0) is 18.0. The van der Waals surface area contributed by atoms with Gasteiger partial charge in [0.15, 0.2) is 0 Å². The number of primary amides is 1. The average Bonchev–Trinajstić information content (AvgIpc) is 2.58. The number of carbonyl (C=O) groups is 2. The molecule has 2 aromatic rings. The van der Waals surface area contributed by atoms with Crippen LogP contribution in [0, 0.1) is 0 Å². The summed E-state index contributed by atoms with van der Waals surface area (Å²) in [7, 11) is 0. The van der Waals surface area contributed by atoms with Gasteiger partial charge >= 0.3 is 0 Å². The first-order valence-corrected chi connectivity index (χ1v) is 8.42. The maximum Gasteiger partial charge on any atom is 0.250 e. The number of carbonyl (C=O) groups excluding carboxylic acids is 2. The van der Waals surface area contributed by atoms with Crippen LogP contribution in [0.3, 0.4) is 0 Å². The lowest BCUT2D eigenvalue weighted by Gasteiger charge is -2.35. The molecular formula is C17H16Cl2N4O2. The Morgan fingerprint density at radius 2 is 1.92 bits per heavy atom. The highest BCUT2D eigenvalue weighted by molar-refractivity contribution is 6.33. The third kappa shape index (κ3) is 4.03. The molecule has 2 heterocycles. The smallest absolute Gasteiger partial charge is 0.250 e. The molecule has 0 atom stereocenters. The van der Waals surface area contributed by atoms with E-state index in [0.717, 1.165) is 5.56 Å². The second-order valence-electron chi connectivity index (χ2n) is 5.76. The molecule has 0 bridgehead atoms. The van der Waals surface area contributed by atoms with E-state index in [2.05, 4.69) is 4.98 Å². The molecule has 0 aliphatic carbocycles. The first-order chi connectivity index (χ1) is 11.9. The van der Waals surface area contributed by atoms with Gasteiger partial charge in [-0.1, -0.05) is 35.3 Å². The fourth-order valence-corrected chi connectivity index (χ4v) is 3.08. The molecule has 25 heavy (non-hydrogen) atoms. The summed E-state index contributed by atoms with van der Waals surface area (Å²) in [6.07, 6.45) is 1.37. The van der Waals surface area contributed by atoms with Crippen molar-refractivity contribution in [2.45, 2.75) is 6.54 Å². The highest BCUT2D eigenvalue weighted by Crippen LogP contribution is 2.25. The van der Waals surface area contributed by atoms with E-state index >= 15 is 0 Å². The topological polar surface area (TPSA) is 79.5 Å². The number of nitrogens with zero attached hydrogens (tertiary/aromatic N) is 3. The maximum absolute atomic E-state index is 12.4. The number of hydrogen-bond donors (Lipinski definition) is 1. The molecule has 3 rings (SSSR count). The zero-order valence-electron chi connectivity index (χ0n) is 13.3. The van der Waals surface area contributed by atoms with Crippen molar-refractivity contribution in [2.24, 2.45) is 5.73 Å². The van der Waals surface area contributed by atoms with Crippen molar-refractivity contribution in [3.8, 4) is 0 Å². The van der Waals surface area contributed by atoms with Gasteiger partial charge in [0.1, 0.15) is 5.82 Å². The quantitative estimate of drug-likeness (QED) is 0.885. The monoisotopic (exact) mass is 378 g/mol. The normalized spacial score (nSPS) is 14.7. The zero-order valence-corrected chi connectivity index (χ0v) is 14.8. The lowest BCUT2D eigenvalue weighted by molar-refractivity contribution is -0.131. The number of aromatic nitrogens is 1. The number of halogens is 2. The van der Waals surface area contributed by atoms with Crippen LogP contribution in [0.2, 0.25) is 10.0 Å². The van der Waals surface area contributed by atoms with Crippen LogP contribution in [0.4, 0.5) is 5.82 Å². The van der Waals surface area contributed by atoms with Crippen molar-refractivity contribution in [2.75, 3.05) is 24.5 Å². The van der Waals surface area contributed by atoms with Crippen LogP contribution < -0.4 is 10.6 Å². The largest absolute Gasteiger partial charge is 0.366 e. The standard InChI is InChI=1S/C17H16Cl2N4O2/c18-13-3-1-11(2-4-13)9-22-5-6-23(10-15(22)24)17-14(19)7-12(8-21-17)16(20)25/h1-4,7-8H,5-6,9-10H2,(H2,20,25). The molecule has 2 amide bonds. The van der Waals surface area contributed by atoms with Gasteiger partial charge in [-0.15, -0.1) is 0 Å². The summed E-state index contributed by atoms with van der Waals surface area (Å²) < 4.78 is 0. The maximum atomic E-state index is 12.4. The van der Waals surface area contributed by atoms with Crippen molar-refractivity contribution >= 4 is 40.8 Å². The molecule has 0 unspecified atom stereocenters. The van der Waals surface area contributed by atoms with Crippen molar-refractivity contribution in [1.82, 2.24) is 9.88 Å². The molecule has 2 N–H and O–H groups in total. The summed E-state index contributed by atoms with van der Waals surface area (Å²) in [5.74, 6) is -0.131. The fraction of sp³-hybridized carbons (Fsp3) is 0.235. The number of amides is 2. The lowest BCUT2D eigenvalue weighted by atomic mass is 10.2. The lowest BCUT2D eigenvalue weighted by Crippen LogP contribution is -2.50. The number of pyridine rings is 1. The van der Waals surface area contributed by atoms with Crippen molar-refractivity contribution in [1.29, 1.82) is 0 Å². The molecule has 1 aliphatic rings. The Balaban J connectivity index is 1.68.